The second-order valence-corrected chi connectivity index (χ2v) is 5.57. The number of nitrogens with one attached hydrogen (secondary N) is 1. The van der Waals surface area contributed by atoms with E-state index in [1.807, 2.05) is 37.3 Å². The molecule has 1 N–H and O–H groups in total. The number of halogens is 1. The number of carbonyl (C=O) groups is 1. The zero-order valence-electron chi connectivity index (χ0n) is 12.8. The minimum absolute atomic E-state index is 0.167. The molecule has 2 aromatic carbocycles. The third-order valence-electron chi connectivity index (χ3n) is 3.25. The molecule has 0 aliphatic carbocycles. The molecule has 0 unspecified atom stereocenters. The molecule has 0 fully saturated rings. The molecule has 5 heteroatoms. The SMILES string of the molecule is Cc1ccc(COc2ccc(Cl)cc2CNC(=O)CC#N)cc1. The van der Waals surface area contributed by atoms with Gasteiger partial charge in [0.15, 0.2) is 0 Å². The van der Waals surface area contributed by atoms with Crippen molar-refractivity contribution in [3.63, 3.8) is 0 Å². The molecule has 2 aromatic rings. The maximum Gasteiger partial charge on any atom is 0.234 e. The van der Waals surface area contributed by atoms with Gasteiger partial charge in [0.25, 0.3) is 0 Å². The second kappa shape index (κ2) is 8.21. The van der Waals surface area contributed by atoms with Crippen molar-refractivity contribution >= 4 is 17.5 Å². The van der Waals surface area contributed by atoms with E-state index in [0.29, 0.717) is 17.4 Å². The highest BCUT2D eigenvalue weighted by Crippen LogP contribution is 2.24. The third kappa shape index (κ3) is 5.32. The average Bonchev–Trinajstić information content (AvgIpc) is 2.54. The molecular formula is C18H17ClN2O2. The smallest absolute Gasteiger partial charge is 0.234 e. The van der Waals surface area contributed by atoms with E-state index < -0.39 is 0 Å². The standard InChI is InChI=1S/C18H17ClN2O2/c1-13-2-4-14(5-3-13)12-23-17-7-6-16(19)10-15(17)11-21-18(22)8-9-20/h2-7,10H,8,11-12H2,1H3,(H,21,22). The number of amides is 1. The lowest BCUT2D eigenvalue weighted by atomic mass is 10.1. The Kier molecular flexibility index (Phi) is 6.02. The molecule has 0 bridgehead atoms. The number of hydrogen-bond donors (Lipinski definition) is 1. The maximum absolute atomic E-state index is 11.4. The van der Waals surface area contributed by atoms with Crippen LogP contribution in [0.4, 0.5) is 0 Å². The Morgan fingerprint density at radius 3 is 2.70 bits per heavy atom. The molecule has 4 nitrogen and oxygen atoms in total. The van der Waals surface area contributed by atoms with E-state index in [0.717, 1.165) is 11.1 Å². The summed E-state index contributed by atoms with van der Waals surface area (Å²) in [6, 6.07) is 15.2. The van der Waals surface area contributed by atoms with Gasteiger partial charge < -0.3 is 10.1 Å². The van der Waals surface area contributed by atoms with E-state index >= 15 is 0 Å². The number of benzene rings is 2. The molecule has 0 aromatic heterocycles. The quantitative estimate of drug-likeness (QED) is 0.878. The number of ether oxygens (including phenoxy) is 1. The van der Waals surface area contributed by atoms with E-state index in [2.05, 4.69) is 5.32 Å². The summed E-state index contributed by atoms with van der Waals surface area (Å²) in [5, 5.41) is 11.7. The predicted molar refractivity (Wildman–Crippen MR) is 89.0 cm³/mol. The second-order valence-electron chi connectivity index (χ2n) is 5.14. The van der Waals surface area contributed by atoms with Gasteiger partial charge in [-0.25, -0.2) is 0 Å². The normalized spacial score (nSPS) is 9.96. The van der Waals surface area contributed by atoms with Crippen LogP contribution in [0.2, 0.25) is 5.02 Å². The Morgan fingerprint density at radius 2 is 2.00 bits per heavy atom. The van der Waals surface area contributed by atoms with Crippen LogP contribution < -0.4 is 10.1 Å². The highest BCUT2D eigenvalue weighted by Gasteiger charge is 2.07. The Morgan fingerprint density at radius 1 is 1.26 bits per heavy atom. The van der Waals surface area contributed by atoms with Crippen LogP contribution >= 0.6 is 11.6 Å². The number of carbonyl (C=O) groups excluding carboxylic acids is 1. The van der Waals surface area contributed by atoms with Crippen molar-refractivity contribution in [2.75, 3.05) is 0 Å². The van der Waals surface area contributed by atoms with E-state index in [1.165, 1.54) is 5.56 Å². The van der Waals surface area contributed by atoms with Gasteiger partial charge in [-0.2, -0.15) is 5.26 Å². The molecule has 0 saturated heterocycles. The first-order valence-corrected chi connectivity index (χ1v) is 7.56. The summed E-state index contributed by atoms with van der Waals surface area (Å²) >= 11 is 6.01. The van der Waals surface area contributed by atoms with Gasteiger partial charge in [0.05, 0.1) is 6.07 Å². The van der Waals surface area contributed by atoms with Crippen LogP contribution in [0.15, 0.2) is 42.5 Å². The van der Waals surface area contributed by atoms with Crippen LogP contribution in [0.3, 0.4) is 0 Å². The summed E-state index contributed by atoms with van der Waals surface area (Å²) in [5.74, 6) is 0.337. The van der Waals surface area contributed by atoms with Crippen LogP contribution in [-0.4, -0.2) is 5.91 Å². The van der Waals surface area contributed by atoms with Gasteiger partial charge in [0, 0.05) is 17.1 Å². The summed E-state index contributed by atoms with van der Waals surface area (Å²) in [7, 11) is 0. The van der Waals surface area contributed by atoms with E-state index in [-0.39, 0.29) is 18.9 Å². The number of rotatable bonds is 6. The lowest BCUT2D eigenvalue weighted by Gasteiger charge is -2.13. The van der Waals surface area contributed by atoms with Crippen LogP contribution in [-0.2, 0) is 17.9 Å². The Labute approximate surface area is 140 Å². The summed E-state index contributed by atoms with van der Waals surface area (Å²) in [5.41, 5.74) is 3.03. The molecule has 0 heterocycles. The van der Waals surface area contributed by atoms with Gasteiger partial charge in [-0.15, -0.1) is 0 Å². The van der Waals surface area contributed by atoms with Crippen molar-refractivity contribution in [2.24, 2.45) is 0 Å². The highest BCUT2D eigenvalue weighted by atomic mass is 35.5. The lowest BCUT2D eigenvalue weighted by molar-refractivity contribution is -0.120. The maximum atomic E-state index is 11.4. The Bertz CT molecular complexity index is 721. The summed E-state index contributed by atoms with van der Waals surface area (Å²) in [6.07, 6.45) is -0.167. The molecule has 0 aliphatic rings. The van der Waals surface area contributed by atoms with Gasteiger partial charge in [-0.05, 0) is 30.7 Å². The molecule has 0 spiro atoms. The Hall–Kier alpha value is -2.51. The Balaban J connectivity index is 2.04. The largest absolute Gasteiger partial charge is 0.489 e. The monoisotopic (exact) mass is 328 g/mol. The molecular weight excluding hydrogens is 312 g/mol. The fourth-order valence-corrected chi connectivity index (χ4v) is 2.20. The van der Waals surface area contributed by atoms with Crippen LogP contribution in [0.25, 0.3) is 0 Å². The number of nitrogens with zero attached hydrogens (tertiary/aromatic N) is 1. The van der Waals surface area contributed by atoms with Gasteiger partial charge >= 0.3 is 0 Å². The van der Waals surface area contributed by atoms with E-state index in [9.17, 15) is 4.79 Å². The molecule has 0 radical (unpaired) electrons. The van der Waals surface area contributed by atoms with Gasteiger partial charge in [0.1, 0.15) is 18.8 Å². The van der Waals surface area contributed by atoms with Crippen LogP contribution in [0, 0.1) is 18.3 Å². The number of hydrogen-bond acceptors (Lipinski definition) is 3. The topological polar surface area (TPSA) is 62.1 Å². The van der Waals surface area contributed by atoms with Crippen molar-refractivity contribution in [3.05, 3.63) is 64.2 Å². The van der Waals surface area contributed by atoms with Crippen molar-refractivity contribution in [1.29, 1.82) is 5.26 Å². The molecule has 118 valence electrons. The van der Waals surface area contributed by atoms with Crippen molar-refractivity contribution in [1.82, 2.24) is 5.32 Å². The minimum Gasteiger partial charge on any atom is -0.489 e. The van der Waals surface area contributed by atoms with E-state index in [1.54, 1.807) is 18.2 Å². The fraction of sp³-hybridized carbons (Fsp3) is 0.222. The van der Waals surface area contributed by atoms with E-state index in [4.69, 9.17) is 21.6 Å². The highest BCUT2D eigenvalue weighted by molar-refractivity contribution is 6.30. The third-order valence-corrected chi connectivity index (χ3v) is 3.49. The molecule has 2 rings (SSSR count). The summed E-state index contributed by atoms with van der Waals surface area (Å²) in [6.45, 7) is 2.73. The zero-order chi connectivity index (χ0) is 16.7. The van der Waals surface area contributed by atoms with Crippen LogP contribution in [0.1, 0.15) is 23.1 Å². The number of nitriles is 1. The fourth-order valence-electron chi connectivity index (χ4n) is 2.00. The lowest BCUT2D eigenvalue weighted by Crippen LogP contribution is -2.22. The van der Waals surface area contributed by atoms with Crippen molar-refractivity contribution in [2.45, 2.75) is 26.5 Å². The summed E-state index contributed by atoms with van der Waals surface area (Å²) in [4.78, 5) is 11.4. The first-order valence-electron chi connectivity index (χ1n) is 7.19. The van der Waals surface area contributed by atoms with Gasteiger partial charge in [-0.1, -0.05) is 41.4 Å². The number of aryl methyl sites for hydroxylation is 1. The zero-order valence-corrected chi connectivity index (χ0v) is 13.6. The van der Waals surface area contributed by atoms with Crippen molar-refractivity contribution in [3.8, 4) is 11.8 Å². The molecule has 23 heavy (non-hydrogen) atoms. The van der Waals surface area contributed by atoms with Crippen LogP contribution in [0.5, 0.6) is 5.75 Å². The first-order chi connectivity index (χ1) is 11.1. The molecule has 0 atom stereocenters. The van der Waals surface area contributed by atoms with Gasteiger partial charge in [0.2, 0.25) is 5.91 Å². The molecule has 1 amide bonds. The first kappa shape index (κ1) is 16.9. The average molecular weight is 329 g/mol. The summed E-state index contributed by atoms with van der Waals surface area (Å²) < 4.78 is 5.84. The van der Waals surface area contributed by atoms with Gasteiger partial charge in [-0.3, -0.25) is 4.79 Å². The predicted octanol–water partition coefficient (Wildman–Crippen LogP) is 3.76. The van der Waals surface area contributed by atoms with Crippen molar-refractivity contribution < 1.29 is 9.53 Å². The molecule has 0 aliphatic heterocycles. The molecule has 0 saturated carbocycles. The minimum atomic E-state index is -0.322.